The van der Waals surface area contributed by atoms with Crippen LogP contribution in [0.4, 0.5) is 4.79 Å². The van der Waals surface area contributed by atoms with Crippen LogP contribution in [-0.2, 0) is 27.4 Å². The smallest absolute Gasteiger partial charge is 0.410 e. The summed E-state index contributed by atoms with van der Waals surface area (Å²) < 4.78 is 16.9. The van der Waals surface area contributed by atoms with Crippen LogP contribution in [-0.4, -0.2) is 53.6 Å². The number of likely N-dealkylation sites (tertiary alicyclic amines) is 1. The summed E-state index contributed by atoms with van der Waals surface area (Å²) in [4.78, 5) is 14.3. The standard InChI is InChI=1S/C21H23NO5/c23-11-17-19-20(27-19)18(14-25-12-15-7-3-1-4-8-15)22(17)21(24)26-13-16-9-5-2-6-10-16/h1-10,17-20,23H,11-14H2/t17-,18-,19+,20-/m1/s1. The summed E-state index contributed by atoms with van der Waals surface area (Å²) in [5.74, 6) is 0. The van der Waals surface area contributed by atoms with E-state index in [-0.39, 0.29) is 37.5 Å². The molecule has 0 bridgehead atoms. The lowest BCUT2D eigenvalue weighted by Crippen LogP contribution is -2.49. The summed E-state index contributed by atoms with van der Waals surface area (Å²) in [7, 11) is 0. The highest BCUT2D eigenvalue weighted by molar-refractivity contribution is 5.70. The van der Waals surface area contributed by atoms with Crippen LogP contribution in [0.1, 0.15) is 11.1 Å². The van der Waals surface area contributed by atoms with Crippen LogP contribution in [0.5, 0.6) is 0 Å². The molecule has 0 aliphatic carbocycles. The zero-order valence-electron chi connectivity index (χ0n) is 14.9. The molecule has 6 heteroatoms. The molecule has 142 valence electrons. The average molecular weight is 369 g/mol. The molecule has 2 aromatic rings. The Morgan fingerprint density at radius 3 is 2.15 bits per heavy atom. The number of epoxide rings is 1. The lowest BCUT2D eigenvalue weighted by atomic mass is 10.2. The molecule has 0 radical (unpaired) electrons. The van der Waals surface area contributed by atoms with Gasteiger partial charge in [0.2, 0.25) is 0 Å². The van der Waals surface area contributed by atoms with Gasteiger partial charge in [0.25, 0.3) is 0 Å². The number of carbonyl (C=O) groups is 1. The number of aliphatic hydroxyl groups excluding tert-OH is 1. The number of rotatable bonds is 7. The van der Waals surface area contributed by atoms with Crippen molar-refractivity contribution in [3.8, 4) is 0 Å². The number of hydrogen-bond acceptors (Lipinski definition) is 5. The van der Waals surface area contributed by atoms with Gasteiger partial charge in [0.1, 0.15) is 18.8 Å². The summed E-state index contributed by atoms with van der Waals surface area (Å²) in [6.45, 7) is 0.845. The van der Waals surface area contributed by atoms with Crippen molar-refractivity contribution >= 4 is 6.09 Å². The van der Waals surface area contributed by atoms with E-state index in [2.05, 4.69) is 0 Å². The highest BCUT2D eigenvalue weighted by Gasteiger charge is 2.62. The third-order valence-corrected chi connectivity index (χ3v) is 5.04. The van der Waals surface area contributed by atoms with Crippen molar-refractivity contribution < 1.29 is 24.1 Å². The Labute approximate surface area is 158 Å². The lowest BCUT2D eigenvalue weighted by molar-refractivity contribution is -0.00382. The summed E-state index contributed by atoms with van der Waals surface area (Å²) in [6.07, 6.45) is -0.672. The van der Waals surface area contributed by atoms with Gasteiger partial charge in [0.05, 0.1) is 31.9 Å². The molecule has 2 fully saturated rings. The van der Waals surface area contributed by atoms with E-state index in [9.17, 15) is 9.90 Å². The molecule has 2 saturated heterocycles. The van der Waals surface area contributed by atoms with Gasteiger partial charge in [0.15, 0.2) is 0 Å². The number of fused-ring (bicyclic) bond motifs is 1. The minimum Gasteiger partial charge on any atom is -0.445 e. The molecular weight excluding hydrogens is 346 g/mol. The number of ether oxygens (including phenoxy) is 3. The molecule has 1 amide bonds. The summed E-state index contributed by atoms with van der Waals surface area (Å²) >= 11 is 0. The second kappa shape index (κ2) is 8.08. The number of hydrogen-bond donors (Lipinski definition) is 1. The molecule has 0 unspecified atom stereocenters. The third-order valence-electron chi connectivity index (χ3n) is 5.04. The van der Waals surface area contributed by atoms with Crippen LogP contribution < -0.4 is 0 Å². The van der Waals surface area contributed by atoms with Gasteiger partial charge in [-0.25, -0.2) is 4.79 Å². The normalized spacial score (nSPS) is 25.9. The van der Waals surface area contributed by atoms with Crippen molar-refractivity contribution in [2.75, 3.05) is 13.2 Å². The monoisotopic (exact) mass is 369 g/mol. The molecule has 6 nitrogen and oxygen atoms in total. The fourth-order valence-corrected chi connectivity index (χ4v) is 3.62. The molecule has 2 aromatic carbocycles. The van der Waals surface area contributed by atoms with Gasteiger partial charge >= 0.3 is 6.09 Å². The van der Waals surface area contributed by atoms with Gasteiger partial charge in [-0.3, -0.25) is 4.90 Å². The highest BCUT2D eigenvalue weighted by Crippen LogP contribution is 2.42. The van der Waals surface area contributed by atoms with Crippen LogP contribution in [0.2, 0.25) is 0 Å². The van der Waals surface area contributed by atoms with E-state index in [0.717, 1.165) is 11.1 Å². The predicted molar refractivity (Wildman–Crippen MR) is 97.9 cm³/mol. The molecular formula is C21H23NO5. The number of carbonyl (C=O) groups excluding carboxylic acids is 1. The Bertz CT molecular complexity index is 754. The second-order valence-electron chi connectivity index (χ2n) is 6.83. The first-order chi connectivity index (χ1) is 13.3. The van der Waals surface area contributed by atoms with Crippen LogP contribution in [0.3, 0.4) is 0 Å². The maximum atomic E-state index is 12.7. The Balaban J connectivity index is 1.36. The molecule has 27 heavy (non-hydrogen) atoms. The summed E-state index contributed by atoms with van der Waals surface area (Å²) in [5.41, 5.74) is 1.99. The molecule has 0 saturated carbocycles. The van der Waals surface area contributed by atoms with Crippen molar-refractivity contribution in [2.24, 2.45) is 0 Å². The first-order valence-electron chi connectivity index (χ1n) is 9.15. The zero-order valence-corrected chi connectivity index (χ0v) is 14.9. The van der Waals surface area contributed by atoms with Crippen molar-refractivity contribution in [1.82, 2.24) is 4.90 Å². The number of nitrogens with zero attached hydrogens (tertiary/aromatic N) is 1. The minimum atomic E-state index is -0.443. The van der Waals surface area contributed by atoms with Gasteiger partial charge in [0, 0.05) is 0 Å². The van der Waals surface area contributed by atoms with E-state index in [1.54, 1.807) is 4.90 Å². The maximum absolute atomic E-state index is 12.7. The van der Waals surface area contributed by atoms with Gasteiger partial charge in [-0.05, 0) is 11.1 Å². The molecule has 0 aromatic heterocycles. The van der Waals surface area contributed by atoms with Crippen molar-refractivity contribution in [3.05, 3.63) is 71.8 Å². The quantitative estimate of drug-likeness (QED) is 0.759. The fraction of sp³-hybridized carbons (Fsp3) is 0.381. The van der Waals surface area contributed by atoms with E-state index in [1.165, 1.54) is 0 Å². The number of aliphatic hydroxyl groups is 1. The van der Waals surface area contributed by atoms with Gasteiger partial charge in [-0.15, -0.1) is 0 Å². The minimum absolute atomic E-state index is 0.0952. The zero-order chi connectivity index (χ0) is 18.6. The number of benzene rings is 2. The van der Waals surface area contributed by atoms with Gasteiger partial charge in [-0.2, -0.15) is 0 Å². The van der Waals surface area contributed by atoms with E-state index in [1.807, 2.05) is 60.7 Å². The topological polar surface area (TPSA) is 71.5 Å². The first kappa shape index (κ1) is 18.0. The lowest BCUT2D eigenvalue weighted by Gasteiger charge is -2.31. The van der Waals surface area contributed by atoms with Crippen molar-refractivity contribution in [2.45, 2.75) is 37.5 Å². The molecule has 4 atom stereocenters. The predicted octanol–water partition coefficient (Wildman–Crippen LogP) is 2.35. The van der Waals surface area contributed by atoms with Crippen LogP contribution in [0.25, 0.3) is 0 Å². The van der Waals surface area contributed by atoms with Gasteiger partial charge < -0.3 is 19.3 Å². The van der Waals surface area contributed by atoms with E-state index < -0.39 is 6.09 Å². The van der Waals surface area contributed by atoms with E-state index in [4.69, 9.17) is 14.2 Å². The number of morpholine rings is 1. The van der Waals surface area contributed by atoms with Crippen molar-refractivity contribution in [1.29, 1.82) is 0 Å². The largest absolute Gasteiger partial charge is 0.445 e. The molecule has 0 spiro atoms. The maximum Gasteiger partial charge on any atom is 0.410 e. The highest BCUT2D eigenvalue weighted by atomic mass is 16.6. The summed E-state index contributed by atoms with van der Waals surface area (Å²) in [5, 5.41) is 9.72. The van der Waals surface area contributed by atoms with Crippen LogP contribution >= 0.6 is 0 Å². The van der Waals surface area contributed by atoms with E-state index >= 15 is 0 Å². The average Bonchev–Trinajstić information content (AvgIpc) is 3.44. The Morgan fingerprint density at radius 1 is 0.926 bits per heavy atom. The Kier molecular flexibility index (Phi) is 5.38. The fourth-order valence-electron chi connectivity index (χ4n) is 3.62. The van der Waals surface area contributed by atoms with Crippen LogP contribution in [0.15, 0.2) is 60.7 Å². The van der Waals surface area contributed by atoms with E-state index in [0.29, 0.717) is 13.2 Å². The van der Waals surface area contributed by atoms with Crippen LogP contribution in [0, 0.1) is 0 Å². The summed E-state index contributed by atoms with van der Waals surface area (Å²) in [6, 6.07) is 18.8. The molecule has 4 rings (SSSR count). The first-order valence-corrected chi connectivity index (χ1v) is 9.15. The Hall–Kier alpha value is -2.41. The van der Waals surface area contributed by atoms with Crippen molar-refractivity contribution in [3.63, 3.8) is 0 Å². The molecule has 1 N–H and O–H groups in total. The molecule has 2 aliphatic heterocycles. The van der Waals surface area contributed by atoms with Gasteiger partial charge in [-0.1, -0.05) is 60.7 Å². The Morgan fingerprint density at radius 2 is 1.52 bits per heavy atom. The molecule has 2 aliphatic rings. The molecule has 2 heterocycles. The second-order valence-corrected chi connectivity index (χ2v) is 6.83. The number of amides is 1. The SMILES string of the molecule is O=C(OCc1ccccc1)N1[C@H](CO)[C@@H]2O[C@@H]2[C@H]1COCc1ccccc1. The third kappa shape index (κ3) is 3.98.